The minimum atomic E-state index is -3.72. The highest BCUT2D eigenvalue weighted by molar-refractivity contribution is 7.89. The fraction of sp³-hybridized carbons (Fsp3) is 0.462. The van der Waals surface area contributed by atoms with E-state index in [-0.39, 0.29) is 29.7 Å². The molecule has 5 nitrogen and oxygen atoms in total. The van der Waals surface area contributed by atoms with Crippen molar-refractivity contribution in [3.05, 3.63) is 24.0 Å². The molecule has 0 amide bonds. The van der Waals surface area contributed by atoms with Crippen molar-refractivity contribution in [1.29, 1.82) is 0 Å². The third-order valence-electron chi connectivity index (χ3n) is 3.45. The summed E-state index contributed by atoms with van der Waals surface area (Å²) in [5.41, 5.74) is 0. The fourth-order valence-electron chi connectivity index (χ4n) is 2.21. The third kappa shape index (κ3) is 2.83. The molecule has 0 spiro atoms. The zero-order valence-electron chi connectivity index (χ0n) is 11.1. The summed E-state index contributed by atoms with van der Waals surface area (Å²) < 4.78 is 44.4. The van der Waals surface area contributed by atoms with Gasteiger partial charge in [0.1, 0.15) is 6.29 Å². The Morgan fingerprint density at radius 2 is 2.00 bits per heavy atom. The van der Waals surface area contributed by atoms with Gasteiger partial charge in [-0.3, -0.25) is 0 Å². The van der Waals surface area contributed by atoms with Crippen molar-refractivity contribution in [2.24, 2.45) is 5.92 Å². The number of benzene rings is 1. The van der Waals surface area contributed by atoms with Gasteiger partial charge in [-0.15, -0.1) is 0 Å². The SMILES string of the molecule is COc1ccc(S(=O)(=O)N2CCC(C=O)CC2)cc1F. The van der Waals surface area contributed by atoms with Crippen LogP contribution < -0.4 is 4.74 Å². The van der Waals surface area contributed by atoms with Gasteiger partial charge in [-0.25, -0.2) is 12.8 Å². The van der Waals surface area contributed by atoms with Crippen LogP contribution in [0.2, 0.25) is 0 Å². The number of hydrogen-bond donors (Lipinski definition) is 0. The van der Waals surface area contributed by atoms with Gasteiger partial charge in [0.2, 0.25) is 10.0 Å². The maximum atomic E-state index is 13.6. The molecule has 1 aliphatic rings. The van der Waals surface area contributed by atoms with Crippen LogP contribution >= 0.6 is 0 Å². The molecular weight excluding hydrogens is 285 g/mol. The first-order valence-electron chi connectivity index (χ1n) is 6.28. The van der Waals surface area contributed by atoms with Crippen LogP contribution in [0.5, 0.6) is 5.75 Å². The number of halogens is 1. The zero-order chi connectivity index (χ0) is 14.8. The second kappa shape index (κ2) is 5.88. The normalized spacial score (nSPS) is 17.9. The number of rotatable bonds is 4. The molecule has 1 fully saturated rings. The van der Waals surface area contributed by atoms with E-state index >= 15 is 0 Å². The van der Waals surface area contributed by atoms with Crippen molar-refractivity contribution >= 4 is 16.3 Å². The van der Waals surface area contributed by atoms with Gasteiger partial charge in [0.15, 0.2) is 11.6 Å². The van der Waals surface area contributed by atoms with Gasteiger partial charge in [0.25, 0.3) is 0 Å². The van der Waals surface area contributed by atoms with E-state index < -0.39 is 15.8 Å². The molecule has 1 aliphatic heterocycles. The average Bonchev–Trinajstić information content (AvgIpc) is 2.47. The Morgan fingerprint density at radius 3 is 2.50 bits per heavy atom. The summed E-state index contributed by atoms with van der Waals surface area (Å²) in [6, 6.07) is 3.57. The van der Waals surface area contributed by atoms with Gasteiger partial charge >= 0.3 is 0 Å². The summed E-state index contributed by atoms with van der Waals surface area (Å²) >= 11 is 0. The van der Waals surface area contributed by atoms with Gasteiger partial charge in [0.05, 0.1) is 12.0 Å². The molecule has 0 N–H and O–H groups in total. The molecule has 1 aromatic rings. The van der Waals surface area contributed by atoms with Crippen molar-refractivity contribution in [3.8, 4) is 5.75 Å². The Labute approximate surface area is 117 Å². The van der Waals surface area contributed by atoms with Crippen LogP contribution in [-0.2, 0) is 14.8 Å². The van der Waals surface area contributed by atoms with E-state index in [1.165, 1.54) is 23.5 Å². The number of methoxy groups -OCH3 is 1. The second-order valence-electron chi connectivity index (χ2n) is 4.67. The fourth-order valence-corrected chi connectivity index (χ4v) is 3.69. The van der Waals surface area contributed by atoms with Crippen LogP contribution in [0.1, 0.15) is 12.8 Å². The molecule has 0 aromatic heterocycles. The van der Waals surface area contributed by atoms with E-state index in [9.17, 15) is 17.6 Å². The summed E-state index contributed by atoms with van der Waals surface area (Å²) in [5.74, 6) is -0.797. The van der Waals surface area contributed by atoms with Crippen molar-refractivity contribution in [2.75, 3.05) is 20.2 Å². The van der Waals surface area contributed by atoms with Gasteiger partial charge in [-0.1, -0.05) is 0 Å². The van der Waals surface area contributed by atoms with Gasteiger partial charge in [0, 0.05) is 19.0 Å². The molecule has 1 aromatic carbocycles. The first-order chi connectivity index (χ1) is 9.48. The van der Waals surface area contributed by atoms with Gasteiger partial charge in [-0.2, -0.15) is 4.31 Å². The number of piperidine rings is 1. The summed E-state index contributed by atoms with van der Waals surface area (Å²) in [7, 11) is -2.40. The van der Waals surface area contributed by atoms with Crippen LogP contribution in [0.4, 0.5) is 4.39 Å². The zero-order valence-corrected chi connectivity index (χ0v) is 11.9. The number of aldehydes is 1. The molecule has 0 saturated carbocycles. The Hall–Kier alpha value is -1.47. The minimum absolute atomic E-state index is 0.00335. The summed E-state index contributed by atoms with van der Waals surface area (Å²) in [4.78, 5) is 10.6. The third-order valence-corrected chi connectivity index (χ3v) is 5.35. The number of nitrogens with zero attached hydrogens (tertiary/aromatic N) is 1. The Kier molecular flexibility index (Phi) is 4.39. The highest BCUT2D eigenvalue weighted by atomic mass is 32.2. The van der Waals surface area contributed by atoms with Crippen molar-refractivity contribution in [1.82, 2.24) is 4.31 Å². The van der Waals surface area contributed by atoms with E-state index in [4.69, 9.17) is 4.74 Å². The van der Waals surface area contributed by atoms with Crippen LogP contribution in [0.25, 0.3) is 0 Å². The molecule has 7 heteroatoms. The molecule has 110 valence electrons. The summed E-state index contributed by atoms with van der Waals surface area (Å²) in [6.45, 7) is 0.554. The van der Waals surface area contributed by atoms with Crippen molar-refractivity contribution in [3.63, 3.8) is 0 Å². The molecule has 0 aliphatic carbocycles. The van der Waals surface area contributed by atoms with Crippen molar-refractivity contribution < 1.29 is 22.3 Å². The van der Waals surface area contributed by atoms with Crippen LogP contribution in [0.15, 0.2) is 23.1 Å². The Balaban J connectivity index is 2.22. The largest absolute Gasteiger partial charge is 0.494 e. The highest BCUT2D eigenvalue weighted by Crippen LogP contribution is 2.26. The van der Waals surface area contributed by atoms with Crippen molar-refractivity contribution in [2.45, 2.75) is 17.7 Å². The van der Waals surface area contributed by atoms with Crippen LogP contribution in [0, 0.1) is 11.7 Å². The number of ether oxygens (including phenoxy) is 1. The predicted molar refractivity (Wildman–Crippen MR) is 70.5 cm³/mol. The summed E-state index contributed by atoms with van der Waals surface area (Å²) in [6.07, 6.45) is 1.86. The van der Waals surface area contributed by atoms with E-state index in [1.54, 1.807) is 0 Å². The molecule has 0 unspecified atom stereocenters. The monoisotopic (exact) mass is 301 g/mol. The van der Waals surface area contributed by atoms with E-state index in [1.807, 2.05) is 0 Å². The van der Waals surface area contributed by atoms with Crippen LogP contribution in [-0.4, -0.2) is 39.2 Å². The molecule has 0 bridgehead atoms. The topological polar surface area (TPSA) is 63.7 Å². The molecule has 0 radical (unpaired) electrons. The Bertz CT molecular complexity index is 594. The van der Waals surface area contributed by atoms with Gasteiger partial charge in [-0.05, 0) is 31.0 Å². The lowest BCUT2D eigenvalue weighted by molar-refractivity contribution is -0.112. The lowest BCUT2D eigenvalue weighted by Crippen LogP contribution is -2.38. The minimum Gasteiger partial charge on any atom is -0.494 e. The molecule has 20 heavy (non-hydrogen) atoms. The number of sulfonamides is 1. The first-order valence-corrected chi connectivity index (χ1v) is 7.72. The average molecular weight is 301 g/mol. The lowest BCUT2D eigenvalue weighted by Gasteiger charge is -2.28. The first kappa shape index (κ1) is 14.9. The standard InChI is InChI=1S/C13H16FNO4S/c1-19-13-3-2-11(8-12(13)14)20(17,18)15-6-4-10(9-16)5-7-15/h2-3,8-10H,4-7H2,1H3. The molecule has 1 heterocycles. The number of hydrogen-bond acceptors (Lipinski definition) is 4. The predicted octanol–water partition coefficient (Wildman–Crippen LogP) is 1.43. The van der Waals surface area contributed by atoms with Crippen LogP contribution in [0.3, 0.4) is 0 Å². The van der Waals surface area contributed by atoms with E-state index in [0.29, 0.717) is 12.8 Å². The molecule has 1 saturated heterocycles. The Morgan fingerprint density at radius 1 is 1.35 bits per heavy atom. The highest BCUT2D eigenvalue weighted by Gasteiger charge is 2.29. The maximum absolute atomic E-state index is 13.6. The lowest BCUT2D eigenvalue weighted by atomic mass is 10.0. The molecular formula is C13H16FNO4S. The van der Waals surface area contributed by atoms with Gasteiger partial charge < -0.3 is 9.53 Å². The number of carbonyl (C=O) groups excluding carboxylic acids is 1. The maximum Gasteiger partial charge on any atom is 0.243 e. The second-order valence-corrected chi connectivity index (χ2v) is 6.61. The molecule has 2 rings (SSSR count). The smallest absolute Gasteiger partial charge is 0.243 e. The number of carbonyl (C=O) groups is 1. The van der Waals surface area contributed by atoms with E-state index in [2.05, 4.69) is 0 Å². The molecule has 0 atom stereocenters. The van der Waals surface area contributed by atoms with E-state index in [0.717, 1.165) is 12.4 Å². The quantitative estimate of drug-likeness (QED) is 0.789. The summed E-state index contributed by atoms with van der Waals surface area (Å²) in [5, 5.41) is 0.